The summed E-state index contributed by atoms with van der Waals surface area (Å²) in [5.41, 5.74) is 1.29. The minimum absolute atomic E-state index is 0.253. The third-order valence-corrected chi connectivity index (χ3v) is 7.64. The van der Waals surface area contributed by atoms with Crippen LogP contribution >= 0.6 is 0 Å². The summed E-state index contributed by atoms with van der Waals surface area (Å²) in [6.45, 7) is 7.71. The van der Waals surface area contributed by atoms with E-state index in [2.05, 4.69) is 29.1 Å². The van der Waals surface area contributed by atoms with Gasteiger partial charge >= 0.3 is 6.18 Å². The van der Waals surface area contributed by atoms with E-state index in [-0.39, 0.29) is 5.92 Å². The van der Waals surface area contributed by atoms with E-state index in [1.807, 2.05) is 0 Å². The fraction of sp³-hybridized carbons (Fsp3) is 0.750. The van der Waals surface area contributed by atoms with Gasteiger partial charge in [0.2, 0.25) is 0 Å². The standard InChI is InChI=1S/C24H36F3N3/c1-3-10-30(20-8-11-29(2)12-9-20)16-17-4-5-18-15-28-23-7-6-19(24(25,26)27)14-22(23)21(18)13-17/h6-7,14,17-18,20-21,28H,3-5,8-13,15-16H2,1-2H3. The Labute approximate surface area is 179 Å². The van der Waals surface area contributed by atoms with Crippen molar-refractivity contribution in [3.8, 4) is 0 Å². The first-order valence-electron chi connectivity index (χ1n) is 11.7. The molecule has 2 fully saturated rings. The van der Waals surface area contributed by atoms with Crippen molar-refractivity contribution in [2.45, 2.75) is 63.6 Å². The quantitative estimate of drug-likeness (QED) is 0.681. The number of piperidine rings is 1. The van der Waals surface area contributed by atoms with Crippen molar-refractivity contribution in [3.05, 3.63) is 29.3 Å². The summed E-state index contributed by atoms with van der Waals surface area (Å²) >= 11 is 0. The Morgan fingerprint density at radius 1 is 1.13 bits per heavy atom. The molecule has 0 radical (unpaired) electrons. The third kappa shape index (κ3) is 4.80. The van der Waals surface area contributed by atoms with Crippen molar-refractivity contribution >= 4 is 5.69 Å². The largest absolute Gasteiger partial charge is 0.416 e. The summed E-state index contributed by atoms with van der Waals surface area (Å²) in [6.07, 6.45) is 2.69. The zero-order valence-corrected chi connectivity index (χ0v) is 18.3. The van der Waals surface area contributed by atoms with Crippen LogP contribution in [0.25, 0.3) is 0 Å². The molecule has 0 aromatic heterocycles. The SMILES string of the molecule is CCCN(CC1CCC2CNc3ccc(C(F)(F)F)cc3C2C1)C1CCN(C)CC1. The molecule has 168 valence electrons. The van der Waals surface area contributed by atoms with Crippen molar-refractivity contribution in [1.82, 2.24) is 9.80 Å². The summed E-state index contributed by atoms with van der Waals surface area (Å²) in [7, 11) is 2.20. The van der Waals surface area contributed by atoms with Crippen LogP contribution in [0.15, 0.2) is 18.2 Å². The van der Waals surface area contributed by atoms with E-state index in [1.54, 1.807) is 6.07 Å². The van der Waals surface area contributed by atoms with Crippen LogP contribution in [-0.2, 0) is 6.18 Å². The van der Waals surface area contributed by atoms with Gasteiger partial charge in [-0.1, -0.05) is 6.92 Å². The Morgan fingerprint density at radius 3 is 2.60 bits per heavy atom. The normalized spacial score (nSPS) is 28.1. The average Bonchev–Trinajstić information content (AvgIpc) is 2.73. The van der Waals surface area contributed by atoms with Crippen LogP contribution in [0.1, 0.15) is 62.5 Å². The predicted molar refractivity (Wildman–Crippen MR) is 116 cm³/mol. The number of likely N-dealkylation sites (tertiary alicyclic amines) is 1. The molecule has 1 aromatic rings. The first-order chi connectivity index (χ1) is 14.3. The fourth-order valence-electron chi connectivity index (χ4n) is 5.96. The van der Waals surface area contributed by atoms with Gasteiger partial charge in [-0.3, -0.25) is 0 Å². The van der Waals surface area contributed by atoms with Gasteiger partial charge in [-0.15, -0.1) is 0 Å². The molecular formula is C24H36F3N3. The highest BCUT2D eigenvalue weighted by Gasteiger charge is 2.39. The smallest absolute Gasteiger partial charge is 0.385 e. The lowest BCUT2D eigenvalue weighted by atomic mass is 9.68. The summed E-state index contributed by atoms with van der Waals surface area (Å²) in [4.78, 5) is 5.11. The number of alkyl halides is 3. The van der Waals surface area contributed by atoms with Crippen LogP contribution < -0.4 is 5.32 Å². The van der Waals surface area contributed by atoms with Crippen LogP contribution in [0.3, 0.4) is 0 Å². The van der Waals surface area contributed by atoms with Crippen molar-refractivity contribution in [1.29, 1.82) is 0 Å². The van der Waals surface area contributed by atoms with Crippen molar-refractivity contribution in [2.24, 2.45) is 11.8 Å². The number of fused-ring (bicyclic) bond motifs is 3. The van der Waals surface area contributed by atoms with Gasteiger partial charge in [-0.05, 0) is 107 Å². The molecule has 2 heterocycles. The Balaban J connectivity index is 1.48. The maximum absolute atomic E-state index is 13.3. The highest BCUT2D eigenvalue weighted by atomic mass is 19.4. The van der Waals surface area contributed by atoms with Crippen LogP contribution in [0.2, 0.25) is 0 Å². The maximum Gasteiger partial charge on any atom is 0.416 e. The first kappa shape index (κ1) is 21.9. The van der Waals surface area contributed by atoms with Crippen LogP contribution in [0.5, 0.6) is 0 Å². The molecule has 1 aliphatic carbocycles. The number of halogens is 3. The second-order valence-electron chi connectivity index (χ2n) is 9.76. The molecule has 0 amide bonds. The van der Waals surface area contributed by atoms with Crippen molar-refractivity contribution in [2.75, 3.05) is 45.1 Å². The lowest BCUT2D eigenvalue weighted by Crippen LogP contribution is -2.46. The molecule has 3 nitrogen and oxygen atoms in total. The molecule has 30 heavy (non-hydrogen) atoms. The first-order valence-corrected chi connectivity index (χ1v) is 11.7. The summed E-state index contributed by atoms with van der Waals surface area (Å²) in [6, 6.07) is 4.94. The summed E-state index contributed by atoms with van der Waals surface area (Å²) in [5.74, 6) is 1.29. The van der Waals surface area contributed by atoms with E-state index in [9.17, 15) is 13.2 Å². The Kier molecular flexibility index (Phi) is 6.64. The van der Waals surface area contributed by atoms with E-state index in [0.717, 1.165) is 50.1 Å². The van der Waals surface area contributed by atoms with Crippen LogP contribution in [-0.4, -0.2) is 55.6 Å². The Bertz CT molecular complexity index is 712. The Morgan fingerprint density at radius 2 is 1.90 bits per heavy atom. The van der Waals surface area contributed by atoms with E-state index < -0.39 is 11.7 Å². The lowest BCUT2D eigenvalue weighted by molar-refractivity contribution is -0.137. The van der Waals surface area contributed by atoms with Gasteiger partial charge in [-0.2, -0.15) is 13.2 Å². The second kappa shape index (κ2) is 9.07. The van der Waals surface area contributed by atoms with Crippen LogP contribution in [0.4, 0.5) is 18.9 Å². The average molecular weight is 424 g/mol. The molecule has 6 heteroatoms. The molecule has 4 rings (SSSR count). The number of benzene rings is 1. The number of hydrogen-bond donors (Lipinski definition) is 1. The van der Waals surface area contributed by atoms with Gasteiger partial charge in [-0.25, -0.2) is 0 Å². The van der Waals surface area contributed by atoms with E-state index in [4.69, 9.17) is 0 Å². The highest BCUT2D eigenvalue weighted by molar-refractivity contribution is 5.57. The highest BCUT2D eigenvalue weighted by Crippen LogP contribution is 2.47. The van der Waals surface area contributed by atoms with Gasteiger partial charge in [0, 0.05) is 24.8 Å². The summed E-state index contributed by atoms with van der Waals surface area (Å²) in [5, 5.41) is 3.39. The van der Waals surface area contributed by atoms with Gasteiger partial charge in [0.1, 0.15) is 0 Å². The molecule has 1 N–H and O–H groups in total. The fourth-order valence-corrected chi connectivity index (χ4v) is 5.96. The maximum atomic E-state index is 13.3. The second-order valence-corrected chi connectivity index (χ2v) is 9.76. The number of rotatable bonds is 5. The van der Waals surface area contributed by atoms with Gasteiger partial charge < -0.3 is 15.1 Å². The number of nitrogens with zero attached hydrogens (tertiary/aromatic N) is 2. The molecular weight excluding hydrogens is 387 g/mol. The lowest BCUT2D eigenvalue weighted by Gasteiger charge is -2.44. The topological polar surface area (TPSA) is 18.5 Å². The molecule has 1 saturated carbocycles. The molecule has 1 saturated heterocycles. The minimum Gasteiger partial charge on any atom is -0.385 e. The molecule has 3 unspecified atom stereocenters. The monoisotopic (exact) mass is 423 g/mol. The van der Waals surface area contributed by atoms with Gasteiger partial charge in [0.05, 0.1) is 5.56 Å². The predicted octanol–water partition coefficient (Wildman–Crippen LogP) is 5.44. The van der Waals surface area contributed by atoms with E-state index in [0.29, 0.717) is 17.9 Å². The summed E-state index contributed by atoms with van der Waals surface area (Å²) < 4.78 is 40.0. The van der Waals surface area contributed by atoms with Gasteiger partial charge in [0.25, 0.3) is 0 Å². The number of hydrogen-bond acceptors (Lipinski definition) is 3. The molecule has 0 bridgehead atoms. The third-order valence-electron chi connectivity index (χ3n) is 7.64. The molecule has 3 atom stereocenters. The minimum atomic E-state index is -4.28. The van der Waals surface area contributed by atoms with E-state index >= 15 is 0 Å². The van der Waals surface area contributed by atoms with E-state index in [1.165, 1.54) is 44.5 Å². The van der Waals surface area contributed by atoms with Crippen molar-refractivity contribution < 1.29 is 13.2 Å². The van der Waals surface area contributed by atoms with Crippen LogP contribution in [0, 0.1) is 11.8 Å². The number of nitrogens with one attached hydrogen (secondary N) is 1. The van der Waals surface area contributed by atoms with Crippen molar-refractivity contribution in [3.63, 3.8) is 0 Å². The Hall–Kier alpha value is -1.27. The number of anilines is 1. The molecule has 0 spiro atoms. The zero-order valence-electron chi connectivity index (χ0n) is 18.3. The zero-order chi connectivity index (χ0) is 21.3. The van der Waals surface area contributed by atoms with Gasteiger partial charge in [0.15, 0.2) is 0 Å². The molecule has 3 aliphatic rings. The molecule has 2 aliphatic heterocycles. The molecule has 1 aromatic carbocycles.